The Labute approximate surface area is 219 Å². The van der Waals surface area contributed by atoms with Crippen molar-refractivity contribution in [2.45, 2.75) is 121 Å². The Balaban J connectivity index is 1.47. The van der Waals surface area contributed by atoms with E-state index in [1.807, 2.05) is 0 Å². The van der Waals surface area contributed by atoms with Gasteiger partial charge in [-0.15, -0.1) is 0 Å². The van der Waals surface area contributed by atoms with Gasteiger partial charge in [0.15, 0.2) is 6.23 Å². The van der Waals surface area contributed by atoms with E-state index in [2.05, 4.69) is 29.0 Å². The van der Waals surface area contributed by atoms with Crippen LogP contribution < -0.4 is 11.4 Å². The molecule has 0 bridgehead atoms. The van der Waals surface area contributed by atoms with Gasteiger partial charge in [0.2, 0.25) is 5.95 Å². The van der Waals surface area contributed by atoms with E-state index in [0.717, 1.165) is 43.0 Å². The second-order valence-corrected chi connectivity index (χ2v) is 9.52. The lowest BCUT2D eigenvalue weighted by Crippen LogP contribution is -2.36. The molecule has 37 heavy (non-hydrogen) atoms. The number of aliphatic hydroxyl groups is 2. The summed E-state index contributed by atoms with van der Waals surface area (Å²) in [5, 5.41) is 20.4. The van der Waals surface area contributed by atoms with Gasteiger partial charge in [-0.25, -0.2) is 14.6 Å². The number of rotatable bonds is 19. The minimum Gasteiger partial charge on any atom is -0.387 e. The average molecular weight is 525 g/mol. The SMILES string of the molecule is CCCCCCCC/C=C/CCCCCCCC(=O)OOC[C@H]1O[C@@H](n2cnc(N)nc2=O)C(O)C1O. The highest BCUT2D eigenvalue weighted by Gasteiger charge is 2.44. The fourth-order valence-corrected chi connectivity index (χ4v) is 4.18. The van der Waals surface area contributed by atoms with Crippen molar-refractivity contribution in [1.82, 2.24) is 14.5 Å². The fourth-order valence-electron chi connectivity index (χ4n) is 4.18. The minimum atomic E-state index is -1.43. The van der Waals surface area contributed by atoms with Crippen molar-refractivity contribution in [3.05, 3.63) is 29.0 Å². The van der Waals surface area contributed by atoms with Crippen LogP contribution in [0.2, 0.25) is 0 Å². The number of aromatic nitrogens is 3. The standard InChI is InChI=1S/C26H44N4O7/c1-2-3-4-5-6-7-8-9-10-11-12-13-14-15-16-17-21(31)37-35-18-20-22(32)23(33)24(36-20)30-19-28-25(27)29-26(30)34/h9-10,19-20,22-24,32-33H,2-8,11-18H2,1H3,(H2,27,29,34)/b10-9+/t20-,22?,23?,24-/m1/s1. The molecule has 0 aromatic carbocycles. The van der Waals surface area contributed by atoms with Crippen LogP contribution in [0.15, 0.2) is 23.3 Å². The number of unbranched alkanes of at least 4 members (excludes halogenated alkanes) is 11. The number of hydrogen-bond donors (Lipinski definition) is 3. The van der Waals surface area contributed by atoms with Gasteiger partial charge in [-0.2, -0.15) is 9.87 Å². The summed E-state index contributed by atoms with van der Waals surface area (Å²) in [5.41, 5.74) is 4.57. The molecular formula is C26H44N4O7. The first-order valence-electron chi connectivity index (χ1n) is 13.6. The largest absolute Gasteiger partial charge is 0.387 e. The molecule has 1 aromatic heterocycles. The molecule has 1 fully saturated rings. The number of carbonyl (C=O) groups is 1. The number of nitrogens with two attached hydrogens (primary N) is 1. The number of nitrogens with zero attached hydrogens (tertiary/aromatic N) is 3. The zero-order chi connectivity index (χ0) is 26.9. The zero-order valence-electron chi connectivity index (χ0n) is 22.0. The topological polar surface area (TPSA) is 159 Å². The maximum Gasteiger partial charge on any atom is 0.354 e. The Morgan fingerprint density at radius 3 is 2.30 bits per heavy atom. The normalized spacial score (nSPS) is 21.6. The molecule has 11 heteroatoms. The number of carbonyl (C=O) groups excluding carboxylic acids is 1. The van der Waals surface area contributed by atoms with E-state index in [0.29, 0.717) is 6.42 Å². The molecule has 1 aromatic rings. The molecule has 0 spiro atoms. The van der Waals surface area contributed by atoms with Crippen LogP contribution in [0.1, 0.15) is 103 Å². The molecule has 0 amide bonds. The van der Waals surface area contributed by atoms with Gasteiger partial charge >= 0.3 is 11.7 Å². The highest BCUT2D eigenvalue weighted by Crippen LogP contribution is 2.28. The molecule has 11 nitrogen and oxygen atoms in total. The Hall–Kier alpha value is -2.34. The Morgan fingerprint density at radius 2 is 1.65 bits per heavy atom. The van der Waals surface area contributed by atoms with Gasteiger partial charge in [0.1, 0.15) is 31.2 Å². The molecule has 2 unspecified atom stereocenters. The number of allylic oxidation sites excluding steroid dienone is 2. The fraction of sp³-hybridized carbons (Fsp3) is 0.769. The van der Waals surface area contributed by atoms with Crippen LogP contribution in [0.25, 0.3) is 0 Å². The predicted molar refractivity (Wildman–Crippen MR) is 138 cm³/mol. The van der Waals surface area contributed by atoms with Gasteiger partial charge in [-0.3, -0.25) is 9.45 Å². The van der Waals surface area contributed by atoms with Gasteiger partial charge in [0.05, 0.1) is 0 Å². The number of aliphatic hydroxyl groups excluding tert-OH is 2. The molecule has 1 aliphatic rings. The van der Waals surface area contributed by atoms with Gasteiger partial charge in [0.25, 0.3) is 0 Å². The molecular weight excluding hydrogens is 480 g/mol. The van der Waals surface area contributed by atoms with Crippen LogP contribution in [0, 0.1) is 0 Å². The smallest absolute Gasteiger partial charge is 0.354 e. The first-order chi connectivity index (χ1) is 17.9. The predicted octanol–water partition coefficient (Wildman–Crippen LogP) is 3.35. The van der Waals surface area contributed by atoms with Gasteiger partial charge in [-0.05, 0) is 32.1 Å². The molecule has 0 radical (unpaired) electrons. The number of nitrogen functional groups attached to an aromatic ring is 1. The second-order valence-electron chi connectivity index (χ2n) is 9.52. The summed E-state index contributed by atoms with van der Waals surface area (Å²) < 4.78 is 6.41. The van der Waals surface area contributed by atoms with E-state index in [9.17, 15) is 19.8 Å². The van der Waals surface area contributed by atoms with E-state index in [4.69, 9.17) is 20.2 Å². The van der Waals surface area contributed by atoms with Crippen molar-refractivity contribution in [2.75, 3.05) is 12.3 Å². The highest BCUT2D eigenvalue weighted by atomic mass is 17.2. The maximum atomic E-state index is 11.9. The third-order valence-corrected chi connectivity index (χ3v) is 6.38. The minimum absolute atomic E-state index is 0.215. The lowest BCUT2D eigenvalue weighted by atomic mass is 10.1. The first kappa shape index (κ1) is 30.9. The molecule has 0 saturated carbocycles. The lowest BCUT2D eigenvalue weighted by Gasteiger charge is -2.16. The number of anilines is 1. The maximum absolute atomic E-state index is 11.9. The summed E-state index contributed by atoms with van der Waals surface area (Å²) in [5.74, 6) is -0.724. The molecule has 1 saturated heterocycles. The molecule has 4 atom stereocenters. The highest BCUT2D eigenvalue weighted by molar-refractivity contribution is 5.68. The van der Waals surface area contributed by atoms with E-state index >= 15 is 0 Å². The van der Waals surface area contributed by atoms with Gasteiger partial charge < -0.3 is 20.7 Å². The van der Waals surface area contributed by atoms with Crippen molar-refractivity contribution >= 4 is 11.9 Å². The summed E-state index contributed by atoms with van der Waals surface area (Å²) in [4.78, 5) is 40.6. The third-order valence-electron chi connectivity index (χ3n) is 6.38. The van der Waals surface area contributed by atoms with Crippen LogP contribution in [0.4, 0.5) is 5.95 Å². The third kappa shape index (κ3) is 11.7. The van der Waals surface area contributed by atoms with Crippen molar-refractivity contribution in [2.24, 2.45) is 0 Å². The lowest BCUT2D eigenvalue weighted by molar-refractivity contribution is -0.286. The van der Waals surface area contributed by atoms with Crippen molar-refractivity contribution < 1.29 is 29.5 Å². The van der Waals surface area contributed by atoms with Crippen LogP contribution in [0.5, 0.6) is 0 Å². The summed E-state index contributed by atoms with van der Waals surface area (Å²) in [6.45, 7) is 1.93. The zero-order valence-corrected chi connectivity index (χ0v) is 22.0. The molecule has 0 aliphatic carbocycles. The van der Waals surface area contributed by atoms with Crippen molar-refractivity contribution in [3.63, 3.8) is 0 Å². The number of ether oxygens (including phenoxy) is 1. The van der Waals surface area contributed by atoms with Crippen molar-refractivity contribution in [3.8, 4) is 0 Å². The molecule has 210 valence electrons. The monoisotopic (exact) mass is 524 g/mol. The second kappa shape index (κ2) is 18.0. The average Bonchev–Trinajstić information content (AvgIpc) is 3.15. The molecule has 1 aliphatic heterocycles. The van der Waals surface area contributed by atoms with Crippen molar-refractivity contribution in [1.29, 1.82) is 0 Å². The van der Waals surface area contributed by atoms with Crippen LogP contribution in [-0.4, -0.2) is 55.6 Å². The van der Waals surface area contributed by atoms with E-state index in [1.165, 1.54) is 44.9 Å². The summed E-state index contributed by atoms with van der Waals surface area (Å²) in [6.07, 6.45) is 16.2. The number of hydrogen-bond acceptors (Lipinski definition) is 10. The summed E-state index contributed by atoms with van der Waals surface area (Å²) >= 11 is 0. The van der Waals surface area contributed by atoms with Gasteiger partial charge in [0, 0.05) is 6.42 Å². The van der Waals surface area contributed by atoms with Gasteiger partial charge in [-0.1, -0.05) is 70.4 Å². The first-order valence-corrected chi connectivity index (χ1v) is 13.6. The quantitative estimate of drug-likeness (QED) is 0.106. The van der Waals surface area contributed by atoms with Crippen LogP contribution in [0.3, 0.4) is 0 Å². The Bertz CT molecular complexity index is 864. The Morgan fingerprint density at radius 1 is 1.03 bits per heavy atom. The van der Waals surface area contributed by atoms with Crippen LogP contribution >= 0.6 is 0 Å². The molecule has 4 N–H and O–H groups in total. The Kier molecular flexibility index (Phi) is 15.0. The summed E-state index contributed by atoms with van der Waals surface area (Å²) in [6, 6.07) is 0. The molecule has 2 rings (SSSR count). The molecule has 2 heterocycles. The van der Waals surface area contributed by atoms with E-state index < -0.39 is 36.2 Å². The van der Waals surface area contributed by atoms with Crippen LogP contribution in [-0.2, 0) is 19.3 Å². The summed E-state index contributed by atoms with van der Waals surface area (Å²) in [7, 11) is 0. The van der Waals surface area contributed by atoms with E-state index in [1.54, 1.807) is 0 Å². The van der Waals surface area contributed by atoms with E-state index in [-0.39, 0.29) is 19.0 Å².